The van der Waals surface area contributed by atoms with Crippen molar-refractivity contribution >= 4 is 35.5 Å². The number of thioether (sulfide) groups is 1. The van der Waals surface area contributed by atoms with Crippen molar-refractivity contribution in [3.8, 4) is 5.75 Å². The van der Waals surface area contributed by atoms with E-state index in [2.05, 4.69) is 5.32 Å². The maximum atomic E-state index is 12.9. The number of hydrogen-bond donors (Lipinski definition) is 3. The summed E-state index contributed by atoms with van der Waals surface area (Å²) < 4.78 is 5.02. The van der Waals surface area contributed by atoms with Gasteiger partial charge in [-0.15, -0.1) is 11.8 Å². The first-order chi connectivity index (χ1) is 16.3. The lowest BCUT2D eigenvalue weighted by atomic mass is 9.98. The van der Waals surface area contributed by atoms with E-state index in [0.717, 1.165) is 5.56 Å². The summed E-state index contributed by atoms with van der Waals surface area (Å²) in [5.41, 5.74) is 7.99. The van der Waals surface area contributed by atoms with Gasteiger partial charge in [0.2, 0.25) is 5.91 Å². The second kappa shape index (κ2) is 9.70. The number of nitrogens with two attached hydrogens (primary N) is 1. The molecule has 9 nitrogen and oxygen atoms in total. The number of carboxylic acids is 1. The highest BCUT2D eigenvalue weighted by atomic mass is 32.2. The molecule has 2 amide bonds. The third-order valence-corrected chi connectivity index (χ3v) is 6.93. The van der Waals surface area contributed by atoms with Crippen LogP contribution in [0.3, 0.4) is 0 Å². The molecule has 2 aliphatic rings. The number of amides is 2. The van der Waals surface area contributed by atoms with Crippen LogP contribution >= 0.6 is 11.8 Å². The van der Waals surface area contributed by atoms with Crippen LogP contribution in [-0.4, -0.2) is 50.9 Å². The van der Waals surface area contributed by atoms with E-state index in [4.69, 9.17) is 10.5 Å². The van der Waals surface area contributed by atoms with Crippen molar-refractivity contribution in [3.05, 3.63) is 77.0 Å². The second-order valence-electron chi connectivity index (χ2n) is 7.96. The van der Waals surface area contributed by atoms with Crippen LogP contribution in [0.15, 0.2) is 65.9 Å². The molecule has 10 heteroatoms. The van der Waals surface area contributed by atoms with E-state index in [1.165, 1.54) is 23.6 Å². The van der Waals surface area contributed by atoms with Gasteiger partial charge in [-0.3, -0.25) is 19.3 Å². The Morgan fingerprint density at radius 3 is 2.47 bits per heavy atom. The fourth-order valence-electron chi connectivity index (χ4n) is 3.96. The zero-order valence-corrected chi connectivity index (χ0v) is 19.1. The third-order valence-electron chi connectivity index (χ3n) is 5.59. The number of nitrogens with zero attached hydrogens (tertiary/aromatic N) is 1. The minimum atomic E-state index is -1.20. The summed E-state index contributed by atoms with van der Waals surface area (Å²) in [6.45, 7) is 1.31. The van der Waals surface area contributed by atoms with E-state index in [1.807, 2.05) is 6.07 Å². The number of fused-ring (bicyclic) bond motifs is 1. The minimum absolute atomic E-state index is 0.0596. The summed E-state index contributed by atoms with van der Waals surface area (Å²) >= 11 is 1.39. The van der Waals surface area contributed by atoms with Gasteiger partial charge in [-0.2, -0.15) is 0 Å². The molecule has 0 radical (unpaired) electrons. The van der Waals surface area contributed by atoms with Crippen molar-refractivity contribution in [1.29, 1.82) is 0 Å². The van der Waals surface area contributed by atoms with Gasteiger partial charge in [-0.1, -0.05) is 42.5 Å². The normalized spacial score (nSPS) is 20.2. The van der Waals surface area contributed by atoms with Crippen LogP contribution in [-0.2, 0) is 25.6 Å². The standard InChI is InChI=1S/C24H23N3O6S/c1-13(28)33-17-9-7-14(8-10-17)11-16-12-34-23-19(22(30)27(23)20(16)24(31)32)26-21(29)18(25)15-5-3-2-4-6-15/h2-10,18-19,23H,11-12,25H2,1H3,(H,26,29)(H,31,32)/t18-,19+,23-/m0/s1. The lowest BCUT2D eigenvalue weighted by molar-refractivity contribution is -0.150. The quantitative estimate of drug-likeness (QED) is 0.308. The Labute approximate surface area is 199 Å². The van der Waals surface area contributed by atoms with E-state index >= 15 is 0 Å². The number of benzene rings is 2. The molecule has 176 valence electrons. The zero-order valence-electron chi connectivity index (χ0n) is 18.3. The Morgan fingerprint density at radius 1 is 1.18 bits per heavy atom. The van der Waals surface area contributed by atoms with Gasteiger partial charge < -0.3 is 20.9 Å². The number of aliphatic carboxylic acids is 1. The Hall–Kier alpha value is -3.63. The van der Waals surface area contributed by atoms with E-state index < -0.39 is 41.2 Å². The number of β-lactam (4-membered cyclic amide) rings is 1. The largest absolute Gasteiger partial charge is 0.477 e. The molecule has 2 aromatic rings. The highest BCUT2D eigenvalue weighted by Gasteiger charge is 2.54. The molecular weight excluding hydrogens is 458 g/mol. The molecule has 2 aliphatic heterocycles. The van der Waals surface area contributed by atoms with Crippen molar-refractivity contribution in [2.24, 2.45) is 5.73 Å². The fraction of sp³-hybridized carbons (Fsp3) is 0.250. The average molecular weight is 482 g/mol. The summed E-state index contributed by atoms with van der Waals surface area (Å²) in [5, 5.41) is 12.0. The molecule has 1 saturated heterocycles. The van der Waals surface area contributed by atoms with E-state index in [0.29, 0.717) is 29.1 Å². The van der Waals surface area contributed by atoms with Crippen molar-refractivity contribution < 1.29 is 29.0 Å². The van der Waals surface area contributed by atoms with Crippen LogP contribution in [0.5, 0.6) is 5.75 Å². The maximum Gasteiger partial charge on any atom is 0.352 e. The van der Waals surface area contributed by atoms with Gasteiger partial charge in [-0.05, 0) is 35.3 Å². The monoisotopic (exact) mass is 481 g/mol. The van der Waals surface area contributed by atoms with Crippen LogP contribution in [0.1, 0.15) is 24.1 Å². The summed E-state index contributed by atoms with van der Waals surface area (Å²) in [6.07, 6.45) is 0.321. The number of ether oxygens (including phenoxy) is 1. The summed E-state index contributed by atoms with van der Waals surface area (Å²) in [4.78, 5) is 49.8. The predicted molar refractivity (Wildman–Crippen MR) is 125 cm³/mol. The average Bonchev–Trinajstić information content (AvgIpc) is 2.82. The van der Waals surface area contributed by atoms with E-state index in [-0.39, 0.29) is 5.70 Å². The molecule has 4 N–H and O–H groups in total. The van der Waals surface area contributed by atoms with Gasteiger partial charge in [0.15, 0.2) is 0 Å². The molecule has 1 fully saturated rings. The SMILES string of the molecule is CC(=O)Oc1ccc(CC2=C(C(=O)O)N3C(=O)[C@@H](NC(=O)[C@@H](N)c4ccccc4)[C@@H]3SC2)cc1. The van der Waals surface area contributed by atoms with Gasteiger partial charge in [0.25, 0.3) is 5.91 Å². The topological polar surface area (TPSA) is 139 Å². The fourth-order valence-corrected chi connectivity index (χ4v) is 5.31. The second-order valence-corrected chi connectivity index (χ2v) is 9.06. The van der Waals surface area contributed by atoms with Crippen LogP contribution in [0.2, 0.25) is 0 Å². The van der Waals surface area contributed by atoms with Crippen LogP contribution in [0, 0.1) is 0 Å². The number of esters is 1. The van der Waals surface area contributed by atoms with Gasteiger partial charge in [0, 0.05) is 12.7 Å². The number of carbonyl (C=O) groups excluding carboxylic acids is 3. The third kappa shape index (κ3) is 4.68. The summed E-state index contributed by atoms with van der Waals surface area (Å²) in [7, 11) is 0. The Bertz CT molecular complexity index is 1160. The number of carboxylic acid groups (broad SMARTS) is 1. The van der Waals surface area contributed by atoms with E-state index in [9.17, 15) is 24.3 Å². The predicted octanol–water partition coefficient (Wildman–Crippen LogP) is 1.59. The van der Waals surface area contributed by atoms with Crippen molar-refractivity contribution in [2.75, 3.05) is 5.75 Å². The summed E-state index contributed by atoms with van der Waals surface area (Å²) in [6, 6.07) is 13.8. The highest BCUT2D eigenvalue weighted by molar-refractivity contribution is 8.00. The highest BCUT2D eigenvalue weighted by Crippen LogP contribution is 2.41. The van der Waals surface area contributed by atoms with Gasteiger partial charge >= 0.3 is 11.9 Å². The van der Waals surface area contributed by atoms with Crippen LogP contribution in [0.4, 0.5) is 0 Å². The maximum absolute atomic E-state index is 12.9. The van der Waals surface area contributed by atoms with Gasteiger partial charge in [0.05, 0.1) is 0 Å². The zero-order chi connectivity index (χ0) is 24.4. The molecule has 2 heterocycles. The lowest BCUT2D eigenvalue weighted by Crippen LogP contribution is -2.71. The van der Waals surface area contributed by atoms with Crippen molar-refractivity contribution in [1.82, 2.24) is 10.2 Å². The number of carbonyl (C=O) groups is 4. The molecule has 0 aliphatic carbocycles. The molecule has 4 rings (SSSR count). The van der Waals surface area contributed by atoms with Gasteiger partial charge in [-0.25, -0.2) is 4.79 Å². The first-order valence-corrected chi connectivity index (χ1v) is 11.6. The van der Waals surface area contributed by atoms with Crippen molar-refractivity contribution in [2.45, 2.75) is 30.8 Å². The minimum Gasteiger partial charge on any atom is -0.477 e. The molecule has 0 unspecified atom stereocenters. The molecular formula is C24H23N3O6S. The number of rotatable bonds is 7. The first kappa shape index (κ1) is 23.5. The first-order valence-electron chi connectivity index (χ1n) is 10.5. The Balaban J connectivity index is 1.47. The number of hydrogen-bond acceptors (Lipinski definition) is 7. The lowest BCUT2D eigenvalue weighted by Gasteiger charge is -2.49. The summed E-state index contributed by atoms with van der Waals surface area (Å²) in [5.74, 6) is -1.82. The Morgan fingerprint density at radius 2 is 1.85 bits per heavy atom. The van der Waals surface area contributed by atoms with Crippen LogP contribution < -0.4 is 15.8 Å². The smallest absolute Gasteiger partial charge is 0.352 e. The molecule has 0 spiro atoms. The Kier molecular flexibility index (Phi) is 6.71. The molecule has 0 bridgehead atoms. The number of nitrogens with one attached hydrogen (secondary N) is 1. The van der Waals surface area contributed by atoms with E-state index in [1.54, 1.807) is 48.5 Å². The van der Waals surface area contributed by atoms with Crippen LogP contribution in [0.25, 0.3) is 0 Å². The van der Waals surface area contributed by atoms with Gasteiger partial charge in [0.1, 0.15) is 28.9 Å². The molecule has 0 saturated carbocycles. The molecule has 0 aromatic heterocycles. The van der Waals surface area contributed by atoms with Crippen molar-refractivity contribution in [3.63, 3.8) is 0 Å². The molecule has 34 heavy (non-hydrogen) atoms. The molecule has 3 atom stereocenters. The molecule has 2 aromatic carbocycles.